The van der Waals surface area contributed by atoms with Crippen molar-refractivity contribution in [3.63, 3.8) is 0 Å². The summed E-state index contributed by atoms with van der Waals surface area (Å²) in [6.45, 7) is 0. The van der Waals surface area contributed by atoms with Gasteiger partial charge in [-0.05, 0) is 42.5 Å². The molecule has 136 valence electrons. The monoisotopic (exact) mass is 388 g/mol. The number of aromatic nitrogens is 2. The highest BCUT2D eigenvalue weighted by atomic mass is 35.5. The van der Waals surface area contributed by atoms with Crippen LogP contribution in [-0.2, 0) is 6.18 Å². The van der Waals surface area contributed by atoms with Crippen LogP contribution in [-0.4, -0.2) is 9.97 Å². The molecule has 3 aromatic carbocycles. The van der Waals surface area contributed by atoms with Crippen molar-refractivity contribution in [2.45, 2.75) is 6.18 Å². The van der Waals surface area contributed by atoms with Gasteiger partial charge in [-0.1, -0.05) is 35.9 Å². The van der Waals surface area contributed by atoms with E-state index in [-0.39, 0.29) is 16.5 Å². The maximum absolute atomic E-state index is 13.2. The fourth-order valence-corrected chi connectivity index (χ4v) is 2.88. The normalized spacial score (nSPS) is 11.7. The summed E-state index contributed by atoms with van der Waals surface area (Å²) in [7, 11) is 0. The average molecular weight is 389 g/mol. The number of fused-ring (bicyclic) bond motifs is 1. The van der Waals surface area contributed by atoms with Gasteiger partial charge in [-0.2, -0.15) is 13.2 Å². The zero-order valence-corrected chi connectivity index (χ0v) is 14.5. The van der Waals surface area contributed by atoms with E-state index in [4.69, 9.17) is 16.3 Å². The summed E-state index contributed by atoms with van der Waals surface area (Å²) in [4.78, 5) is 7.65. The third-order valence-electron chi connectivity index (χ3n) is 4.01. The minimum atomic E-state index is -4.53. The smallest absolute Gasteiger partial charge is 0.419 e. The Morgan fingerprint density at radius 1 is 0.889 bits per heavy atom. The molecule has 4 rings (SSSR count). The van der Waals surface area contributed by atoms with Gasteiger partial charge in [0.1, 0.15) is 17.3 Å². The number of rotatable bonds is 3. The van der Waals surface area contributed by atoms with E-state index < -0.39 is 11.7 Å². The van der Waals surface area contributed by atoms with E-state index in [2.05, 4.69) is 9.97 Å². The summed E-state index contributed by atoms with van der Waals surface area (Å²) >= 11 is 6.14. The Kier molecular flexibility index (Phi) is 4.28. The van der Waals surface area contributed by atoms with Gasteiger partial charge in [-0.3, -0.25) is 0 Å². The van der Waals surface area contributed by atoms with E-state index in [1.165, 1.54) is 18.2 Å². The summed E-state index contributed by atoms with van der Waals surface area (Å²) in [5.74, 6) is 0.377. The molecule has 1 aromatic heterocycles. The molecule has 0 atom stereocenters. The van der Waals surface area contributed by atoms with Gasteiger partial charge in [-0.25, -0.2) is 4.98 Å². The van der Waals surface area contributed by atoms with Crippen molar-refractivity contribution in [2.24, 2.45) is 0 Å². The number of aromatic amines is 1. The van der Waals surface area contributed by atoms with Crippen molar-refractivity contribution < 1.29 is 17.9 Å². The van der Waals surface area contributed by atoms with Gasteiger partial charge in [0, 0.05) is 5.56 Å². The Morgan fingerprint density at radius 2 is 1.63 bits per heavy atom. The lowest BCUT2D eigenvalue weighted by Crippen LogP contribution is -2.06. The molecule has 7 heteroatoms. The molecule has 0 bridgehead atoms. The molecule has 3 nitrogen and oxygen atoms in total. The number of hydrogen-bond acceptors (Lipinski definition) is 2. The number of halogens is 4. The molecule has 0 saturated carbocycles. The number of nitrogens with zero attached hydrogens (tertiary/aromatic N) is 1. The van der Waals surface area contributed by atoms with Crippen molar-refractivity contribution >= 4 is 22.6 Å². The lowest BCUT2D eigenvalue weighted by molar-refractivity contribution is -0.138. The van der Waals surface area contributed by atoms with Gasteiger partial charge >= 0.3 is 6.18 Å². The topological polar surface area (TPSA) is 37.9 Å². The molecule has 0 spiro atoms. The van der Waals surface area contributed by atoms with E-state index in [9.17, 15) is 13.2 Å². The molecule has 0 radical (unpaired) electrons. The maximum atomic E-state index is 13.2. The SMILES string of the molecule is FC(F)(F)c1ccccc1Oc1cc(-c2nc3ccccc3[nH]2)ccc1Cl. The third kappa shape index (κ3) is 3.48. The summed E-state index contributed by atoms with van der Waals surface area (Å²) in [5, 5.41) is 0.201. The van der Waals surface area contributed by atoms with Gasteiger partial charge in [0.2, 0.25) is 0 Å². The van der Waals surface area contributed by atoms with Crippen LogP contribution in [0.15, 0.2) is 66.7 Å². The number of nitrogens with one attached hydrogen (secondary N) is 1. The number of ether oxygens (including phenoxy) is 1. The standard InChI is InChI=1S/C20H12ClF3N2O/c21-14-10-9-12(19-25-15-6-2-3-7-16(15)26-19)11-18(14)27-17-8-4-1-5-13(17)20(22,23)24/h1-11H,(H,25,26). The van der Waals surface area contributed by atoms with E-state index in [1.807, 2.05) is 24.3 Å². The minimum Gasteiger partial charge on any atom is -0.455 e. The van der Waals surface area contributed by atoms with Gasteiger partial charge in [0.05, 0.1) is 21.6 Å². The quantitative estimate of drug-likeness (QED) is 0.424. The molecular weight excluding hydrogens is 377 g/mol. The van der Waals surface area contributed by atoms with Crippen molar-refractivity contribution in [3.05, 3.63) is 77.3 Å². The Balaban J connectivity index is 1.74. The fraction of sp³-hybridized carbons (Fsp3) is 0.0500. The Bertz CT molecular complexity index is 1090. The Labute approximate surface area is 157 Å². The van der Waals surface area contributed by atoms with E-state index in [0.717, 1.165) is 17.1 Å². The molecule has 0 fully saturated rings. The van der Waals surface area contributed by atoms with Crippen LogP contribution < -0.4 is 4.74 Å². The zero-order chi connectivity index (χ0) is 19.0. The highest BCUT2D eigenvalue weighted by Crippen LogP contribution is 2.40. The molecule has 0 aliphatic heterocycles. The van der Waals surface area contributed by atoms with Crippen molar-refractivity contribution in [1.82, 2.24) is 9.97 Å². The van der Waals surface area contributed by atoms with Crippen LogP contribution in [0.1, 0.15) is 5.56 Å². The van der Waals surface area contributed by atoms with Crippen LogP contribution >= 0.6 is 11.6 Å². The summed E-state index contributed by atoms with van der Waals surface area (Å²) in [6.07, 6.45) is -4.53. The van der Waals surface area contributed by atoms with Crippen molar-refractivity contribution in [2.75, 3.05) is 0 Å². The minimum absolute atomic E-state index is 0.117. The zero-order valence-electron chi connectivity index (χ0n) is 13.7. The van der Waals surface area contributed by atoms with Crippen molar-refractivity contribution in [3.8, 4) is 22.9 Å². The molecule has 0 amide bonds. The molecule has 1 N–H and O–H groups in total. The number of benzene rings is 3. The molecule has 1 heterocycles. The number of imidazole rings is 1. The van der Waals surface area contributed by atoms with Gasteiger partial charge < -0.3 is 9.72 Å². The molecular formula is C20H12ClF3N2O. The number of alkyl halides is 3. The van der Waals surface area contributed by atoms with Gasteiger partial charge in [-0.15, -0.1) is 0 Å². The van der Waals surface area contributed by atoms with Crippen LogP contribution in [0.2, 0.25) is 5.02 Å². The second-order valence-corrected chi connectivity index (χ2v) is 6.25. The highest BCUT2D eigenvalue weighted by molar-refractivity contribution is 6.32. The first-order valence-electron chi connectivity index (χ1n) is 8.00. The molecule has 0 unspecified atom stereocenters. The number of H-pyrrole nitrogens is 1. The van der Waals surface area contributed by atoms with E-state index in [0.29, 0.717) is 11.4 Å². The van der Waals surface area contributed by atoms with Crippen molar-refractivity contribution in [1.29, 1.82) is 0 Å². The lowest BCUT2D eigenvalue weighted by atomic mass is 10.2. The first kappa shape index (κ1) is 17.4. The Morgan fingerprint density at radius 3 is 2.41 bits per heavy atom. The molecule has 27 heavy (non-hydrogen) atoms. The second kappa shape index (κ2) is 6.63. The lowest BCUT2D eigenvalue weighted by Gasteiger charge is -2.14. The van der Waals surface area contributed by atoms with Crippen LogP contribution in [0.4, 0.5) is 13.2 Å². The van der Waals surface area contributed by atoms with Gasteiger partial charge in [0.15, 0.2) is 0 Å². The Hall–Kier alpha value is -2.99. The molecule has 0 aliphatic rings. The van der Waals surface area contributed by atoms with Crippen LogP contribution in [0.3, 0.4) is 0 Å². The number of para-hydroxylation sites is 3. The maximum Gasteiger partial charge on any atom is 0.419 e. The summed E-state index contributed by atoms with van der Waals surface area (Å²) < 4.78 is 45.1. The summed E-state index contributed by atoms with van der Waals surface area (Å²) in [6, 6.07) is 17.4. The number of hydrogen-bond donors (Lipinski definition) is 1. The second-order valence-electron chi connectivity index (χ2n) is 5.84. The predicted molar refractivity (Wildman–Crippen MR) is 98.1 cm³/mol. The predicted octanol–water partition coefficient (Wildman–Crippen LogP) is 6.69. The third-order valence-corrected chi connectivity index (χ3v) is 4.32. The first-order valence-corrected chi connectivity index (χ1v) is 8.38. The van der Waals surface area contributed by atoms with Crippen LogP contribution in [0, 0.1) is 0 Å². The van der Waals surface area contributed by atoms with Gasteiger partial charge in [0.25, 0.3) is 0 Å². The van der Waals surface area contributed by atoms with E-state index >= 15 is 0 Å². The largest absolute Gasteiger partial charge is 0.455 e. The van der Waals surface area contributed by atoms with E-state index in [1.54, 1.807) is 18.2 Å². The fourth-order valence-electron chi connectivity index (χ4n) is 2.73. The summed E-state index contributed by atoms with van der Waals surface area (Å²) in [5.41, 5.74) is 1.42. The first-order chi connectivity index (χ1) is 12.9. The van der Waals surface area contributed by atoms with Crippen LogP contribution in [0.25, 0.3) is 22.4 Å². The highest BCUT2D eigenvalue weighted by Gasteiger charge is 2.34. The van der Waals surface area contributed by atoms with Crippen LogP contribution in [0.5, 0.6) is 11.5 Å². The molecule has 0 saturated heterocycles. The molecule has 0 aliphatic carbocycles. The average Bonchev–Trinajstić information content (AvgIpc) is 3.07. The molecule has 4 aromatic rings.